The topological polar surface area (TPSA) is 74.0 Å². The van der Waals surface area contributed by atoms with Gasteiger partial charge in [-0.15, -0.1) is 12.8 Å². The average Bonchev–Trinajstić information content (AvgIpc) is 3.33. The van der Waals surface area contributed by atoms with E-state index in [1.165, 1.54) is 11.0 Å². The molecule has 0 spiro atoms. The standard InChI is InChI=1S/C13H10F2N2O5.C2H2/c14-8-6(12-19-3-4-20-12)5-7-10(9(8)15)22-16-11(7)17-1-2-21-13(17)18;1-2/h5,12H,1-4H2;1-2H. The van der Waals surface area contributed by atoms with Crippen molar-refractivity contribution in [3.8, 4) is 12.8 Å². The highest BCUT2D eigenvalue weighted by atomic mass is 19.2. The molecule has 24 heavy (non-hydrogen) atoms. The van der Waals surface area contributed by atoms with E-state index in [-0.39, 0.29) is 35.5 Å². The van der Waals surface area contributed by atoms with Gasteiger partial charge in [0.1, 0.15) is 6.61 Å². The minimum atomic E-state index is -1.20. The molecule has 4 rings (SSSR count). The van der Waals surface area contributed by atoms with Gasteiger partial charge in [-0.2, -0.15) is 4.39 Å². The predicted octanol–water partition coefficient (Wildman–Crippen LogP) is 2.36. The fourth-order valence-corrected chi connectivity index (χ4v) is 2.51. The third-order valence-electron chi connectivity index (χ3n) is 3.55. The van der Waals surface area contributed by atoms with Crippen molar-refractivity contribution in [1.82, 2.24) is 5.16 Å². The molecule has 3 heterocycles. The van der Waals surface area contributed by atoms with Crippen molar-refractivity contribution in [2.75, 3.05) is 31.3 Å². The van der Waals surface area contributed by atoms with Crippen LogP contribution in [0.3, 0.4) is 0 Å². The maximum absolute atomic E-state index is 14.2. The highest BCUT2D eigenvalue weighted by Crippen LogP contribution is 2.36. The maximum Gasteiger partial charge on any atom is 0.415 e. The molecule has 0 unspecified atom stereocenters. The number of carbonyl (C=O) groups is 1. The summed E-state index contributed by atoms with van der Waals surface area (Å²) in [4.78, 5) is 12.8. The lowest BCUT2D eigenvalue weighted by molar-refractivity contribution is -0.0467. The van der Waals surface area contributed by atoms with E-state index < -0.39 is 24.0 Å². The summed E-state index contributed by atoms with van der Waals surface area (Å²) in [6.45, 7) is 1.03. The van der Waals surface area contributed by atoms with E-state index in [9.17, 15) is 13.6 Å². The number of fused-ring (bicyclic) bond motifs is 1. The number of cyclic esters (lactones) is 1. The van der Waals surface area contributed by atoms with Gasteiger partial charge in [-0.1, -0.05) is 5.16 Å². The fraction of sp³-hybridized carbons (Fsp3) is 0.333. The number of hydrogen-bond donors (Lipinski definition) is 0. The smallest absolute Gasteiger partial charge is 0.415 e. The van der Waals surface area contributed by atoms with Gasteiger partial charge in [0.25, 0.3) is 0 Å². The molecular formula is C15H12F2N2O5. The molecule has 0 N–H and O–H groups in total. The van der Waals surface area contributed by atoms with Crippen LogP contribution in [-0.2, 0) is 14.2 Å². The van der Waals surface area contributed by atoms with Crippen molar-refractivity contribution < 1.29 is 32.3 Å². The number of hydrogen-bond acceptors (Lipinski definition) is 6. The Labute approximate surface area is 135 Å². The first-order chi connectivity index (χ1) is 11.7. The van der Waals surface area contributed by atoms with Gasteiger partial charge in [0.15, 0.2) is 17.9 Å². The summed E-state index contributed by atoms with van der Waals surface area (Å²) in [6, 6.07) is 1.32. The number of halogens is 2. The van der Waals surface area contributed by atoms with Crippen LogP contribution in [0, 0.1) is 24.5 Å². The molecule has 7 nitrogen and oxygen atoms in total. The van der Waals surface area contributed by atoms with Gasteiger partial charge in [-0.05, 0) is 6.07 Å². The lowest BCUT2D eigenvalue weighted by Crippen LogP contribution is -2.23. The number of amides is 1. The highest BCUT2D eigenvalue weighted by molar-refractivity contribution is 5.99. The Hall–Kier alpha value is -2.70. The van der Waals surface area contributed by atoms with Crippen LogP contribution in [-0.4, -0.2) is 37.6 Å². The van der Waals surface area contributed by atoms with Gasteiger partial charge in [0.05, 0.1) is 25.1 Å². The molecule has 9 heteroatoms. The van der Waals surface area contributed by atoms with Crippen LogP contribution in [0.15, 0.2) is 10.6 Å². The molecule has 2 aromatic rings. The molecule has 2 aliphatic heterocycles. The van der Waals surface area contributed by atoms with Crippen molar-refractivity contribution >= 4 is 22.9 Å². The molecule has 0 bridgehead atoms. The Bertz CT molecular complexity index is 798. The zero-order chi connectivity index (χ0) is 17.3. The second-order valence-electron chi connectivity index (χ2n) is 4.82. The summed E-state index contributed by atoms with van der Waals surface area (Å²) in [5.74, 6) is -2.24. The largest absolute Gasteiger partial charge is 0.447 e. The van der Waals surface area contributed by atoms with E-state index in [2.05, 4.69) is 18.0 Å². The first kappa shape index (κ1) is 16.2. The number of carbonyl (C=O) groups excluding carboxylic acids is 1. The SMILES string of the molecule is C#C.O=C1OCCN1c1noc2c(F)c(F)c(C3OCCO3)cc12. The van der Waals surface area contributed by atoms with Crippen molar-refractivity contribution in [3.63, 3.8) is 0 Å². The Morgan fingerprint density at radius 1 is 1.17 bits per heavy atom. The van der Waals surface area contributed by atoms with Crippen LogP contribution in [0.4, 0.5) is 19.4 Å². The maximum atomic E-state index is 14.2. The van der Waals surface area contributed by atoms with Crippen molar-refractivity contribution in [2.45, 2.75) is 6.29 Å². The monoisotopic (exact) mass is 338 g/mol. The molecule has 0 atom stereocenters. The zero-order valence-corrected chi connectivity index (χ0v) is 12.3. The summed E-state index contributed by atoms with van der Waals surface area (Å²) in [6.07, 6.45) is 6.39. The minimum absolute atomic E-state index is 0.0793. The molecule has 0 aliphatic carbocycles. The third-order valence-corrected chi connectivity index (χ3v) is 3.55. The second kappa shape index (κ2) is 6.43. The number of terminal acetylenes is 1. The van der Waals surface area contributed by atoms with E-state index >= 15 is 0 Å². The second-order valence-corrected chi connectivity index (χ2v) is 4.82. The molecular weight excluding hydrogens is 326 g/mol. The van der Waals surface area contributed by atoms with E-state index in [1.54, 1.807) is 0 Å². The molecule has 126 valence electrons. The summed E-state index contributed by atoms with van der Waals surface area (Å²) in [5.41, 5.74) is -0.464. The van der Waals surface area contributed by atoms with Crippen molar-refractivity contribution in [1.29, 1.82) is 0 Å². The summed E-state index contributed by atoms with van der Waals surface area (Å²) in [7, 11) is 0. The molecule has 0 saturated carbocycles. The summed E-state index contributed by atoms with van der Waals surface area (Å²) in [5, 5.41) is 3.82. The van der Waals surface area contributed by atoms with E-state index in [0.717, 1.165) is 0 Å². The van der Waals surface area contributed by atoms with Crippen LogP contribution < -0.4 is 4.90 Å². The Kier molecular flexibility index (Phi) is 4.33. The Morgan fingerprint density at radius 3 is 2.50 bits per heavy atom. The van der Waals surface area contributed by atoms with Gasteiger partial charge < -0.3 is 18.7 Å². The molecule has 2 saturated heterocycles. The van der Waals surface area contributed by atoms with Gasteiger partial charge >= 0.3 is 6.09 Å². The first-order valence-electron chi connectivity index (χ1n) is 6.95. The number of nitrogens with zero attached hydrogens (tertiary/aromatic N) is 2. The number of anilines is 1. The Balaban J connectivity index is 0.000000815. The van der Waals surface area contributed by atoms with Crippen LogP contribution in [0.25, 0.3) is 11.0 Å². The highest BCUT2D eigenvalue weighted by Gasteiger charge is 2.32. The molecule has 2 fully saturated rings. The van der Waals surface area contributed by atoms with Gasteiger partial charge in [0, 0.05) is 5.56 Å². The van der Waals surface area contributed by atoms with Crippen LogP contribution in [0.1, 0.15) is 11.9 Å². The fourth-order valence-electron chi connectivity index (χ4n) is 2.51. The van der Waals surface area contributed by atoms with Crippen molar-refractivity contribution in [2.24, 2.45) is 0 Å². The van der Waals surface area contributed by atoms with Gasteiger partial charge in [-0.3, -0.25) is 4.90 Å². The van der Waals surface area contributed by atoms with E-state index in [1.807, 2.05) is 0 Å². The van der Waals surface area contributed by atoms with E-state index in [0.29, 0.717) is 13.2 Å². The van der Waals surface area contributed by atoms with E-state index in [4.69, 9.17) is 18.7 Å². The molecule has 1 aromatic carbocycles. The predicted molar refractivity (Wildman–Crippen MR) is 77.2 cm³/mol. The normalized spacial score (nSPS) is 17.8. The number of ether oxygens (including phenoxy) is 3. The molecule has 1 amide bonds. The third kappa shape index (κ3) is 2.46. The molecule has 0 radical (unpaired) electrons. The molecule has 1 aromatic heterocycles. The summed E-state index contributed by atoms with van der Waals surface area (Å²) >= 11 is 0. The molecule has 2 aliphatic rings. The number of rotatable bonds is 2. The van der Waals surface area contributed by atoms with Crippen LogP contribution >= 0.6 is 0 Å². The zero-order valence-electron chi connectivity index (χ0n) is 12.3. The minimum Gasteiger partial charge on any atom is -0.447 e. The summed E-state index contributed by atoms with van der Waals surface area (Å²) < 4.78 is 48.3. The van der Waals surface area contributed by atoms with Gasteiger partial charge in [-0.25, -0.2) is 9.18 Å². The average molecular weight is 338 g/mol. The number of aromatic nitrogens is 1. The lowest BCUT2D eigenvalue weighted by atomic mass is 10.1. The van der Waals surface area contributed by atoms with Crippen LogP contribution in [0.5, 0.6) is 0 Å². The Morgan fingerprint density at radius 2 is 1.88 bits per heavy atom. The first-order valence-corrected chi connectivity index (χ1v) is 6.95. The quantitative estimate of drug-likeness (QED) is 0.783. The van der Waals surface area contributed by atoms with Crippen molar-refractivity contribution in [3.05, 3.63) is 23.3 Å². The number of benzene rings is 1. The van der Waals surface area contributed by atoms with Crippen LogP contribution in [0.2, 0.25) is 0 Å². The van der Waals surface area contributed by atoms with Gasteiger partial charge in [0.2, 0.25) is 11.4 Å². The lowest BCUT2D eigenvalue weighted by Gasteiger charge is -2.12.